The molecule has 0 saturated carbocycles. The van der Waals surface area contributed by atoms with Crippen LogP contribution in [0.15, 0.2) is 0 Å². The molecule has 0 amide bonds. The van der Waals surface area contributed by atoms with Gasteiger partial charge in [0.2, 0.25) is 0 Å². The Bertz CT molecular complexity index is 288. The van der Waals surface area contributed by atoms with Crippen molar-refractivity contribution in [3.8, 4) is 0 Å². The van der Waals surface area contributed by atoms with Crippen LogP contribution in [-0.4, -0.2) is 28.5 Å². The molecule has 0 aromatic heterocycles. The van der Waals surface area contributed by atoms with Crippen LogP contribution in [0, 0.1) is 0 Å². The zero-order chi connectivity index (χ0) is 15.3. The van der Waals surface area contributed by atoms with E-state index >= 15 is 0 Å². The van der Waals surface area contributed by atoms with E-state index in [0.29, 0.717) is 0 Å². The predicted molar refractivity (Wildman–Crippen MR) is 86.9 cm³/mol. The molecule has 0 bridgehead atoms. The summed E-state index contributed by atoms with van der Waals surface area (Å²) in [6, 6.07) is 0. The molecule has 1 aliphatic heterocycles. The molecule has 1 aliphatic rings. The molecular weight excluding hydrogens is 296 g/mol. The lowest BCUT2D eigenvalue weighted by Crippen LogP contribution is -2.06. The lowest BCUT2D eigenvalue weighted by atomic mass is 10.0. The fourth-order valence-electron chi connectivity index (χ4n) is 2.36. The largest absolute Gasteiger partial charge is 0.394 e. The van der Waals surface area contributed by atoms with E-state index in [0.717, 1.165) is 5.25 Å². The summed E-state index contributed by atoms with van der Waals surface area (Å²) in [5, 5.41) is 1.01. The second-order valence-electron chi connectivity index (χ2n) is 5.35. The first kappa shape index (κ1) is 20.2. The molecular formula is C14H30O4S2. The Labute approximate surface area is 128 Å². The minimum Gasteiger partial charge on any atom is -0.264 e. The second kappa shape index (κ2) is 12.9. The van der Waals surface area contributed by atoms with Crippen molar-refractivity contribution in [2.45, 2.75) is 82.8 Å². The summed E-state index contributed by atoms with van der Waals surface area (Å²) in [6.45, 7) is 2.30. The highest BCUT2D eigenvalue weighted by Crippen LogP contribution is 2.27. The van der Waals surface area contributed by atoms with Gasteiger partial charge in [-0.05, 0) is 25.0 Å². The van der Waals surface area contributed by atoms with E-state index in [4.69, 9.17) is 17.5 Å². The molecule has 0 radical (unpaired) electrons. The van der Waals surface area contributed by atoms with Crippen molar-refractivity contribution in [2.75, 3.05) is 5.75 Å². The summed E-state index contributed by atoms with van der Waals surface area (Å²) < 4.78 is 31.6. The number of unbranched alkanes of at least 4 members (excludes halogenated alkanes) is 4. The lowest BCUT2D eigenvalue weighted by molar-refractivity contribution is 0.381. The predicted octanol–water partition coefficient (Wildman–Crippen LogP) is 4.76. The Morgan fingerprint density at radius 1 is 1.00 bits per heavy atom. The van der Waals surface area contributed by atoms with Crippen LogP contribution in [-0.2, 0) is 10.4 Å². The van der Waals surface area contributed by atoms with Gasteiger partial charge >= 0.3 is 10.4 Å². The van der Waals surface area contributed by atoms with Gasteiger partial charge in [0.15, 0.2) is 0 Å². The zero-order valence-corrected chi connectivity index (χ0v) is 14.2. The molecule has 20 heavy (non-hydrogen) atoms. The van der Waals surface area contributed by atoms with Crippen LogP contribution in [0.4, 0.5) is 0 Å². The van der Waals surface area contributed by atoms with Crippen molar-refractivity contribution in [3.63, 3.8) is 0 Å². The summed E-state index contributed by atoms with van der Waals surface area (Å²) in [5.41, 5.74) is 0. The van der Waals surface area contributed by atoms with Gasteiger partial charge in [-0.2, -0.15) is 20.2 Å². The van der Waals surface area contributed by atoms with Crippen molar-refractivity contribution >= 4 is 22.2 Å². The molecule has 1 saturated heterocycles. The molecule has 0 spiro atoms. The maximum atomic E-state index is 8.74. The molecule has 0 aliphatic carbocycles. The van der Waals surface area contributed by atoms with Crippen LogP contribution < -0.4 is 0 Å². The van der Waals surface area contributed by atoms with Gasteiger partial charge in [-0.25, -0.2) is 0 Å². The Kier molecular flexibility index (Phi) is 13.1. The maximum Gasteiger partial charge on any atom is 0.394 e. The summed E-state index contributed by atoms with van der Waals surface area (Å²) in [5.74, 6) is 1.43. The number of rotatable bonds is 6. The summed E-state index contributed by atoms with van der Waals surface area (Å²) >= 11 is 2.26. The van der Waals surface area contributed by atoms with Crippen molar-refractivity contribution in [3.05, 3.63) is 0 Å². The van der Waals surface area contributed by atoms with E-state index in [1.165, 1.54) is 76.4 Å². The minimum absolute atomic E-state index is 1.01. The van der Waals surface area contributed by atoms with E-state index in [9.17, 15) is 0 Å². The maximum absolute atomic E-state index is 8.74. The molecule has 1 fully saturated rings. The topological polar surface area (TPSA) is 74.6 Å². The Morgan fingerprint density at radius 3 is 2.25 bits per heavy atom. The number of hydrogen-bond acceptors (Lipinski definition) is 3. The van der Waals surface area contributed by atoms with E-state index in [1.807, 2.05) is 0 Å². The average molecular weight is 327 g/mol. The third-order valence-corrected chi connectivity index (χ3v) is 4.87. The van der Waals surface area contributed by atoms with Gasteiger partial charge in [-0.3, -0.25) is 9.11 Å². The molecule has 6 heteroatoms. The first-order valence-corrected chi connectivity index (χ1v) is 10.2. The highest BCUT2D eigenvalue weighted by atomic mass is 32.3. The van der Waals surface area contributed by atoms with Crippen molar-refractivity contribution < 1.29 is 17.5 Å². The normalized spacial score (nSPS) is 20.4. The van der Waals surface area contributed by atoms with E-state index in [2.05, 4.69) is 18.7 Å². The standard InChI is InChI=1S/C14H28S.H2O4S/c1-2-3-4-5-8-11-14-12-9-6-7-10-13-15-14;1-5(2,3)4/h14H,2-13H2,1H3;(H2,1,2,3,4). The zero-order valence-electron chi connectivity index (χ0n) is 12.6. The summed E-state index contributed by atoms with van der Waals surface area (Å²) in [4.78, 5) is 0. The smallest absolute Gasteiger partial charge is 0.264 e. The molecule has 1 rings (SSSR count). The lowest BCUT2D eigenvalue weighted by Gasteiger charge is -2.19. The summed E-state index contributed by atoms with van der Waals surface area (Å²) in [6.07, 6.45) is 16.2. The first-order valence-electron chi connectivity index (χ1n) is 7.75. The van der Waals surface area contributed by atoms with Crippen LogP contribution in [0.2, 0.25) is 0 Å². The van der Waals surface area contributed by atoms with Crippen LogP contribution >= 0.6 is 11.8 Å². The minimum atomic E-state index is -4.67. The van der Waals surface area contributed by atoms with Crippen LogP contribution in [0.25, 0.3) is 0 Å². The third kappa shape index (κ3) is 18.2. The van der Waals surface area contributed by atoms with E-state index in [-0.39, 0.29) is 0 Å². The Balaban J connectivity index is 0.000000621. The molecule has 2 N–H and O–H groups in total. The Hall–Kier alpha value is 0.220. The van der Waals surface area contributed by atoms with Crippen molar-refractivity contribution in [1.29, 1.82) is 0 Å². The molecule has 0 aromatic carbocycles. The van der Waals surface area contributed by atoms with Gasteiger partial charge in [-0.1, -0.05) is 58.3 Å². The fraction of sp³-hybridized carbons (Fsp3) is 1.00. The molecule has 122 valence electrons. The molecule has 0 aromatic rings. The molecule has 1 atom stereocenters. The summed E-state index contributed by atoms with van der Waals surface area (Å²) in [7, 11) is -4.67. The van der Waals surface area contributed by atoms with E-state index < -0.39 is 10.4 Å². The van der Waals surface area contributed by atoms with Gasteiger partial charge in [0, 0.05) is 5.25 Å². The van der Waals surface area contributed by atoms with Gasteiger partial charge in [0.1, 0.15) is 0 Å². The molecule has 1 unspecified atom stereocenters. The third-order valence-electron chi connectivity index (χ3n) is 3.40. The van der Waals surface area contributed by atoms with Gasteiger partial charge < -0.3 is 0 Å². The second-order valence-corrected chi connectivity index (χ2v) is 7.65. The van der Waals surface area contributed by atoms with Crippen LogP contribution in [0.3, 0.4) is 0 Å². The molecule has 1 heterocycles. The van der Waals surface area contributed by atoms with Crippen molar-refractivity contribution in [2.24, 2.45) is 0 Å². The molecule has 4 nitrogen and oxygen atoms in total. The Morgan fingerprint density at radius 2 is 1.60 bits per heavy atom. The van der Waals surface area contributed by atoms with E-state index in [1.54, 1.807) is 0 Å². The van der Waals surface area contributed by atoms with Gasteiger partial charge in [-0.15, -0.1) is 0 Å². The number of hydrogen-bond donors (Lipinski definition) is 2. The van der Waals surface area contributed by atoms with Crippen LogP contribution in [0.5, 0.6) is 0 Å². The quantitative estimate of drug-likeness (QED) is 0.543. The highest BCUT2D eigenvalue weighted by Gasteiger charge is 2.10. The van der Waals surface area contributed by atoms with Crippen molar-refractivity contribution in [1.82, 2.24) is 0 Å². The van der Waals surface area contributed by atoms with Crippen LogP contribution in [0.1, 0.15) is 77.6 Å². The average Bonchev–Trinajstić information content (AvgIpc) is 2.29. The fourth-order valence-corrected chi connectivity index (χ4v) is 3.73. The SMILES string of the molecule is CCCCCCCC1CCCCCCS1.O=S(=O)(O)O. The van der Waals surface area contributed by atoms with Gasteiger partial charge in [0.25, 0.3) is 0 Å². The monoisotopic (exact) mass is 326 g/mol. The highest BCUT2D eigenvalue weighted by molar-refractivity contribution is 7.99. The first-order chi connectivity index (χ1) is 9.43. The van der Waals surface area contributed by atoms with Gasteiger partial charge in [0.05, 0.1) is 0 Å². The number of thioether (sulfide) groups is 1.